The van der Waals surface area contributed by atoms with Gasteiger partial charge in [0, 0.05) is 30.3 Å². The van der Waals surface area contributed by atoms with Gasteiger partial charge in [0.1, 0.15) is 11.5 Å². The van der Waals surface area contributed by atoms with E-state index in [1.165, 1.54) is 0 Å². The van der Waals surface area contributed by atoms with Crippen molar-refractivity contribution in [1.29, 1.82) is 0 Å². The SMILES string of the molecule is COc1cc2nccc(Oc3ccc4nc(NCCC(C)C)sc4c3)c2cc1OC. The highest BCUT2D eigenvalue weighted by Crippen LogP contribution is 2.38. The molecule has 0 aliphatic heterocycles. The zero-order chi connectivity index (χ0) is 21.1. The van der Waals surface area contributed by atoms with Crippen LogP contribution in [0.1, 0.15) is 20.3 Å². The van der Waals surface area contributed by atoms with Gasteiger partial charge in [0.2, 0.25) is 0 Å². The van der Waals surface area contributed by atoms with Gasteiger partial charge in [-0.25, -0.2) is 4.98 Å². The van der Waals surface area contributed by atoms with Gasteiger partial charge < -0.3 is 19.5 Å². The fourth-order valence-corrected chi connectivity index (χ4v) is 4.10. The molecule has 0 unspecified atom stereocenters. The van der Waals surface area contributed by atoms with Crippen LogP contribution in [0.15, 0.2) is 42.6 Å². The van der Waals surface area contributed by atoms with E-state index >= 15 is 0 Å². The molecule has 0 bridgehead atoms. The second-order valence-electron chi connectivity index (χ2n) is 7.39. The summed E-state index contributed by atoms with van der Waals surface area (Å²) >= 11 is 1.64. The first-order valence-corrected chi connectivity index (χ1v) is 10.7. The number of methoxy groups -OCH3 is 2. The number of aromatic nitrogens is 2. The van der Waals surface area contributed by atoms with E-state index in [-0.39, 0.29) is 0 Å². The van der Waals surface area contributed by atoms with Gasteiger partial charge in [-0.05, 0) is 36.6 Å². The maximum atomic E-state index is 6.22. The van der Waals surface area contributed by atoms with Crippen LogP contribution in [0.5, 0.6) is 23.0 Å². The van der Waals surface area contributed by atoms with Gasteiger partial charge in [0.25, 0.3) is 0 Å². The van der Waals surface area contributed by atoms with Crippen molar-refractivity contribution in [1.82, 2.24) is 9.97 Å². The minimum absolute atomic E-state index is 0.637. The molecule has 0 fully saturated rings. The molecule has 4 aromatic rings. The third kappa shape index (κ3) is 4.26. The molecule has 156 valence electrons. The zero-order valence-corrected chi connectivity index (χ0v) is 18.4. The standard InChI is InChI=1S/C23H25N3O3S/c1-14(2)7-9-25-23-26-17-6-5-15(11-22(17)30-23)29-19-8-10-24-18-13-21(28-4)20(27-3)12-16(18)19/h5-6,8,10-14H,7,9H2,1-4H3,(H,25,26). The molecular formula is C23H25N3O3S. The van der Waals surface area contributed by atoms with Gasteiger partial charge in [-0.15, -0.1) is 0 Å². The molecule has 0 saturated carbocycles. The first-order valence-electron chi connectivity index (χ1n) is 9.90. The van der Waals surface area contributed by atoms with Crippen molar-refractivity contribution >= 4 is 37.6 Å². The van der Waals surface area contributed by atoms with Gasteiger partial charge >= 0.3 is 0 Å². The molecule has 2 aromatic carbocycles. The number of benzene rings is 2. The Hall–Kier alpha value is -3.06. The lowest BCUT2D eigenvalue weighted by molar-refractivity contribution is 0.355. The lowest BCUT2D eigenvalue weighted by Gasteiger charge is -2.12. The van der Waals surface area contributed by atoms with Crippen LogP contribution in [0.3, 0.4) is 0 Å². The summed E-state index contributed by atoms with van der Waals surface area (Å²) < 4.78 is 18.1. The Bertz CT molecular complexity index is 1170. The van der Waals surface area contributed by atoms with Crippen LogP contribution in [-0.4, -0.2) is 30.7 Å². The van der Waals surface area contributed by atoms with E-state index < -0.39 is 0 Å². The minimum atomic E-state index is 0.637. The van der Waals surface area contributed by atoms with Gasteiger partial charge in [0.05, 0.1) is 30.0 Å². The molecule has 1 N–H and O–H groups in total. The monoisotopic (exact) mass is 423 g/mol. The largest absolute Gasteiger partial charge is 0.493 e. The number of ether oxygens (including phenoxy) is 3. The maximum Gasteiger partial charge on any atom is 0.183 e. The Morgan fingerprint density at radius 2 is 1.77 bits per heavy atom. The molecule has 0 atom stereocenters. The molecule has 0 aliphatic rings. The zero-order valence-electron chi connectivity index (χ0n) is 17.6. The predicted molar refractivity (Wildman–Crippen MR) is 122 cm³/mol. The van der Waals surface area contributed by atoms with E-state index in [1.807, 2.05) is 36.4 Å². The molecule has 0 spiro atoms. The van der Waals surface area contributed by atoms with Crippen molar-refractivity contribution in [2.24, 2.45) is 5.92 Å². The van der Waals surface area contributed by atoms with Crippen molar-refractivity contribution in [2.45, 2.75) is 20.3 Å². The first-order chi connectivity index (χ1) is 14.6. The fourth-order valence-electron chi connectivity index (χ4n) is 3.18. The van der Waals surface area contributed by atoms with E-state index in [0.717, 1.165) is 45.0 Å². The van der Waals surface area contributed by atoms with Crippen LogP contribution in [-0.2, 0) is 0 Å². The Morgan fingerprint density at radius 1 is 0.967 bits per heavy atom. The maximum absolute atomic E-state index is 6.22. The number of hydrogen-bond donors (Lipinski definition) is 1. The summed E-state index contributed by atoms with van der Waals surface area (Å²) in [6.07, 6.45) is 2.85. The average Bonchev–Trinajstić information content (AvgIpc) is 3.14. The molecule has 4 rings (SSSR count). The van der Waals surface area contributed by atoms with E-state index in [0.29, 0.717) is 23.2 Å². The van der Waals surface area contributed by atoms with Crippen molar-refractivity contribution in [3.63, 3.8) is 0 Å². The second-order valence-corrected chi connectivity index (χ2v) is 8.42. The third-order valence-corrected chi connectivity index (χ3v) is 5.77. The number of thiazole rings is 1. The molecule has 2 heterocycles. The van der Waals surface area contributed by atoms with Crippen LogP contribution in [0, 0.1) is 5.92 Å². The number of anilines is 1. The van der Waals surface area contributed by atoms with E-state index in [4.69, 9.17) is 14.2 Å². The lowest BCUT2D eigenvalue weighted by atomic mass is 10.1. The number of hydrogen-bond acceptors (Lipinski definition) is 7. The number of pyridine rings is 1. The smallest absolute Gasteiger partial charge is 0.183 e. The van der Waals surface area contributed by atoms with Crippen molar-refractivity contribution in [3.05, 3.63) is 42.6 Å². The highest BCUT2D eigenvalue weighted by Gasteiger charge is 2.12. The third-order valence-electron chi connectivity index (χ3n) is 4.79. The summed E-state index contributed by atoms with van der Waals surface area (Å²) in [5, 5.41) is 5.21. The van der Waals surface area contributed by atoms with Crippen LogP contribution < -0.4 is 19.5 Å². The number of nitrogens with zero attached hydrogens (tertiary/aromatic N) is 2. The molecule has 6 nitrogen and oxygen atoms in total. The molecule has 0 amide bonds. The minimum Gasteiger partial charge on any atom is -0.493 e. The lowest BCUT2D eigenvalue weighted by Crippen LogP contribution is -2.03. The molecule has 2 aromatic heterocycles. The summed E-state index contributed by atoms with van der Waals surface area (Å²) in [4.78, 5) is 9.09. The normalized spacial score (nSPS) is 11.2. The molecular weight excluding hydrogens is 398 g/mol. The number of rotatable bonds is 8. The predicted octanol–water partition coefficient (Wildman–Crippen LogP) is 6.11. The molecule has 30 heavy (non-hydrogen) atoms. The fraction of sp³-hybridized carbons (Fsp3) is 0.304. The molecule has 0 saturated heterocycles. The summed E-state index contributed by atoms with van der Waals surface area (Å²) in [7, 11) is 3.23. The summed E-state index contributed by atoms with van der Waals surface area (Å²) in [6, 6.07) is 11.5. The van der Waals surface area contributed by atoms with E-state index in [9.17, 15) is 0 Å². The van der Waals surface area contributed by atoms with Crippen LogP contribution in [0.25, 0.3) is 21.1 Å². The topological polar surface area (TPSA) is 65.5 Å². The van der Waals surface area contributed by atoms with E-state index in [2.05, 4.69) is 29.1 Å². The van der Waals surface area contributed by atoms with Crippen molar-refractivity contribution in [3.8, 4) is 23.0 Å². The Balaban J connectivity index is 1.61. The molecule has 0 aliphatic carbocycles. The van der Waals surface area contributed by atoms with Crippen molar-refractivity contribution in [2.75, 3.05) is 26.1 Å². The molecule has 0 radical (unpaired) electrons. The van der Waals surface area contributed by atoms with Gasteiger partial charge in [0.15, 0.2) is 16.6 Å². The highest BCUT2D eigenvalue weighted by molar-refractivity contribution is 7.22. The van der Waals surface area contributed by atoms with Gasteiger partial charge in [-0.3, -0.25) is 4.98 Å². The van der Waals surface area contributed by atoms with E-state index in [1.54, 1.807) is 31.8 Å². The van der Waals surface area contributed by atoms with Crippen LogP contribution in [0.2, 0.25) is 0 Å². The summed E-state index contributed by atoms with van der Waals surface area (Å²) in [5.41, 5.74) is 1.74. The highest BCUT2D eigenvalue weighted by atomic mass is 32.1. The first kappa shape index (κ1) is 20.2. The van der Waals surface area contributed by atoms with Gasteiger partial charge in [-0.1, -0.05) is 25.2 Å². The number of nitrogens with one attached hydrogen (secondary N) is 1. The Kier molecular flexibility index (Phi) is 5.90. The van der Waals surface area contributed by atoms with Crippen LogP contribution >= 0.6 is 11.3 Å². The van der Waals surface area contributed by atoms with Gasteiger partial charge in [-0.2, -0.15) is 0 Å². The quantitative estimate of drug-likeness (QED) is 0.369. The second kappa shape index (κ2) is 8.75. The summed E-state index contributed by atoms with van der Waals surface area (Å²) in [5.74, 6) is 3.40. The van der Waals surface area contributed by atoms with Crippen molar-refractivity contribution < 1.29 is 14.2 Å². The Labute approximate surface area is 179 Å². The number of fused-ring (bicyclic) bond motifs is 2. The van der Waals surface area contributed by atoms with Crippen LogP contribution in [0.4, 0.5) is 5.13 Å². The summed E-state index contributed by atoms with van der Waals surface area (Å²) in [6.45, 7) is 5.37. The Morgan fingerprint density at radius 3 is 2.53 bits per heavy atom. The average molecular weight is 424 g/mol. The molecule has 7 heteroatoms.